The van der Waals surface area contributed by atoms with E-state index in [1.54, 1.807) is 4.90 Å². The fourth-order valence-electron chi connectivity index (χ4n) is 7.73. The molecule has 1 atom stereocenters. The molecular formula is C36H50F3NO3. The molecule has 0 spiro atoms. The van der Waals surface area contributed by atoms with Gasteiger partial charge in [0.25, 0.3) is 0 Å². The van der Waals surface area contributed by atoms with Crippen molar-refractivity contribution in [3.63, 3.8) is 0 Å². The van der Waals surface area contributed by atoms with E-state index in [0.717, 1.165) is 80.0 Å². The smallest absolute Gasteiger partial charge is 0.414 e. The second-order valence-electron chi connectivity index (χ2n) is 13.4. The van der Waals surface area contributed by atoms with Crippen LogP contribution >= 0.6 is 0 Å². The molecule has 1 heterocycles. The van der Waals surface area contributed by atoms with Gasteiger partial charge in [0, 0.05) is 17.7 Å². The van der Waals surface area contributed by atoms with E-state index in [9.17, 15) is 18.0 Å². The highest BCUT2D eigenvalue weighted by molar-refractivity contribution is 5.96. The van der Waals surface area contributed by atoms with Crippen LogP contribution in [0.5, 0.6) is 5.75 Å². The van der Waals surface area contributed by atoms with E-state index < -0.39 is 12.6 Å². The van der Waals surface area contributed by atoms with Gasteiger partial charge in [-0.1, -0.05) is 76.3 Å². The molecule has 1 aliphatic heterocycles. The van der Waals surface area contributed by atoms with Crippen molar-refractivity contribution < 1.29 is 27.4 Å². The number of aryl methyl sites for hydroxylation is 1. The highest BCUT2D eigenvalue weighted by Gasteiger charge is 2.32. The zero-order valence-electron chi connectivity index (χ0n) is 25.9. The first-order valence-electron chi connectivity index (χ1n) is 17.0. The van der Waals surface area contributed by atoms with Crippen LogP contribution in [0.1, 0.15) is 122 Å². The van der Waals surface area contributed by atoms with Crippen LogP contribution in [0.4, 0.5) is 23.7 Å². The average molecular weight is 602 g/mol. The summed E-state index contributed by atoms with van der Waals surface area (Å²) in [6.45, 7) is 2.40. The van der Waals surface area contributed by atoms with E-state index in [-0.39, 0.29) is 24.7 Å². The first-order valence-corrected chi connectivity index (χ1v) is 17.0. The van der Waals surface area contributed by atoms with Gasteiger partial charge in [0.05, 0.1) is 12.1 Å². The van der Waals surface area contributed by atoms with Crippen LogP contribution in [0.15, 0.2) is 30.3 Å². The zero-order chi connectivity index (χ0) is 30.2. The number of cyclic esters (lactones) is 1. The number of hydrogen-bond donors (Lipinski definition) is 0. The van der Waals surface area contributed by atoms with Crippen LogP contribution in [0.25, 0.3) is 10.8 Å². The molecule has 7 heteroatoms. The number of carbonyl (C=O) groups is 1. The summed E-state index contributed by atoms with van der Waals surface area (Å²) in [6.07, 6.45) is 13.8. The molecule has 3 fully saturated rings. The fraction of sp³-hybridized carbons (Fsp3) is 0.694. The lowest BCUT2D eigenvalue weighted by atomic mass is 9.73. The average Bonchev–Trinajstić information content (AvgIpc) is 3.34. The Bertz CT molecular complexity index is 1180. The minimum Gasteiger partial charge on any atom is -0.490 e. The Morgan fingerprint density at radius 2 is 1.51 bits per heavy atom. The van der Waals surface area contributed by atoms with Crippen molar-refractivity contribution in [3.05, 3.63) is 35.9 Å². The largest absolute Gasteiger partial charge is 0.490 e. The van der Waals surface area contributed by atoms with Crippen molar-refractivity contribution in [2.24, 2.45) is 11.8 Å². The predicted molar refractivity (Wildman–Crippen MR) is 167 cm³/mol. The van der Waals surface area contributed by atoms with E-state index >= 15 is 0 Å². The van der Waals surface area contributed by atoms with Crippen molar-refractivity contribution in [1.29, 1.82) is 0 Å². The summed E-state index contributed by atoms with van der Waals surface area (Å²) in [5, 5.41) is 2.27. The van der Waals surface area contributed by atoms with Crippen LogP contribution in [-0.2, 0) is 11.2 Å². The van der Waals surface area contributed by atoms with E-state index in [1.807, 2.05) is 13.0 Å². The highest BCUT2D eigenvalue weighted by atomic mass is 19.4. The first-order chi connectivity index (χ1) is 20.8. The molecule has 1 saturated heterocycles. The molecule has 4 nitrogen and oxygen atoms in total. The third-order valence-corrected chi connectivity index (χ3v) is 10.2. The summed E-state index contributed by atoms with van der Waals surface area (Å²) >= 11 is 0. The first kappa shape index (κ1) is 32.0. The number of benzene rings is 2. The van der Waals surface area contributed by atoms with Crippen molar-refractivity contribution >= 4 is 22.6 Å². The summed E-state index contributed by atoms with van der Waals surface area (Å²) in [7, 11) is 0. The molecule has 0 aromatic heterocycles. The number of unbranched alkanes of at least 4 members (excludes halogenated alkanes) is 6. The van der Waals surface area contributed by atoms with Gasteiger partial charge in [-0.3, -0.25) is 4.90 Å². The molecule has 0 radical (unpaired) electrons. The third kappa shape index (κ3) is 8.82. The Kier molecular flexibility index (Phi) is 11.2. The quantitative estimate of drug-likeness (QED) is 0.214. The van der Waals surface area contributed by atoms with Gasteiger partial charge in [0.15, 0.2) is 0 Å². The molecule has 0 unspecified atom stereocenters. The number of anilines is 1. The Morgan fingerprint density at radius 1 is 0.837 bits per heavy atom. The van der Waals surface area contributed by atoms with Gasteiger partial charge < -0.3 is 9.47 Å². The van der Waals surface area contributed by atoms with Crippen LogP contribution in [0.3, 0.4) is 0 Å². The second kappa shape index (κ2) is 15.0. The number of ether oxygens (including phenoxy) is 2. The minimum absolute atomic E-state index is 0.00391. The molecule has 2 saturated carbocycles. The number of amides is 1. The number of rotatable bonds is 13. The second-order valence-corrected chi connectivity index (χ2v) is 13.4. The molecule has 3 aliphatic rings. The van der Waals surface area contributed by atoms with E-state index in [1.165, 1.54) is 55.9 Å². The summed E-state index contributed by atoms with van der Waals surface area (Å²) in [5.41, 5.74) is 2.09. The third-order valence-electron chi connectivity index (χ3n) is 10.2. The van der Waals surface area contributed by atoms with Gasteiger partial charge in [-0.25, -0.2) is 4.79 Å². The SMILES string of the molecule is C[C@@H]1COC(=O)N1c1ccc2c(CCCCCCCCCC(F)(F)F)c(OC3CCC(C4CCCCC4)CC3)ccc2c1. The molecule has 2 aromatic rings. The summed E-state index contributed by atoms with van der Waals surface area (Å²) in [4.78, 5) is 14.1. The molecule has 2 aromatic carbocycles. The standard InChI is InChI=1S/C36H50F3NO3/c1-26-25-42-35(41)40(26)30-18-21-32-29(24-30)17-22-34(33(32)14-10-5-3-2-4-6-11-23-36(37,38)39)43-31-19-15-28(16-20-31)27-12-8-7-9-13-27/h17-18,21-22,24,26-28,31H,2-16,19-20,23,25H2,1H3/t26-,28?,31?/m1/s1. The normalized spacial score (nSPS) is 23.6. The lowest BCUT2D eigenvalue weighted by Crippen LogP contribution is -2.30. The van der Waals surface area contributed by atoms with E-state index in [2.05, 4.69) is 24.3 Å². The van der Waals surface area contributed by atoms with E-state index in [4.69, 9.17) is 9.47 Å². The van der Waals surface area contributed by atoms with E-state index in [0.29, 0.717) is 13.0 Å². The predicted octanol–water partition coefficient (Wildman–Crippen LogP) is 10.9. The Morgan fingerprint density at radius 3 is 2.19 bits per heavy atom. The topological polar surface area (TPSA) is 38.8 Å². The number of nitrogens with zero attached hydrogens (tertiary/aromatic N) is 1. The maximum absolute atomic E-state index is 12.4. The summed E-state index contributed by atoms with van der Waals surface area (Å²) in [5.74, 6) is 2.77. The zero-order valence-corrected chi connectivity index (χ0v) is 25.9. The molecule has 0 N–H and O–H groups in total. The number of fused-ring (bicyclic) bond motifs is 1. The van der Waals surface area contributed by atoms with Crippen LogP contribution in [0, 0.1) is 11.8 Å². The van der Waals surface area contributed by atoms with Crippen LogP contribution in [0.2, 0.25) is 0 Å². The Balaban J connectivity index is 1.22. The van der Waals surface area contributed by atoms with Gasteiger partial charge in [0.2, 0.25) is 0 Å². The van der Waals surface area contributed by atoms with Crippen LogP contribution in [-0.4, -0.2) is 31.0 Å². The molecule has 238 valence electrons. The van der Waals surface area contributed by atoms with Gasteiger partial charge in [-0.15, -0.1) is 0 Å². The van der Waals surface area contributed by atoms with Crippen molar-refractivity contribution in [2.75, 3.05) is 11.5 Å². The molecule has 2 aliphatic carbocycles. The molecule has 43 heavy (non-hydrogen) atoms. The highest BCUT2D eigenvalue weighted by Crippen LogP contribution is 2.40. The number of halogens is 3. The Hall–Kier alpha value is -2.44. The minimum atomic E-state index is -4.04. The summed E-state index contributed by atoms with van der Waals surface area (Å²) < 4.78 is 49.2. The van der Waals surface area contributed by atoms with Gasteiger partial charge >= 0.3 is 12.3 Å². The monoisotopic (exact) mass is 601 g/mol. The van der Waals surface area contributed by atoms with Gasteiger partial charge in [-0.2, -0.15) is 13.2 Å². The van der Waals surface area contributed by atoms with Gasteiger partial charge in [0.1, 0.15) is 12.4 Å². The summed E-state index contributed by atoms with van der Waals surface area (Å²) in [6, 6.07) is 10.5. The maximum Gasteiger partial charge on any atom is 0.414 e. The molecule has 0 bridgehead atoms. The number of carbonyl (C=O) groups excluding carboxylic acids is 1. The van der Waals surface area contributed by atoms with Crippen molar-refractivity contribution in [2.45, 2.75) is 141 Å². The van der Waals surface area contributed by atoms with Gasteiger partial charge in [-0.05, 0) is 92.7 Å². The van der Waals surface area contributed by atoms with Crippen molar-refractivity contribution in [3.8, 4) is 5.75 Å². The number of alkyl halides is 3. The molecular weight excluding hydrogens is 551 g/mol. The maximum atomic E-state index is 12.4. The van der Waals surface area contributed by atoms with Crippen LogP contribution < -0.4 is 9.64 Å². The van der Waals surface area contributed by atoms with Crippen molar-refractivity contribution in [1.82, 2.24) is 0 Å². The lowest BCUT2D eigenvalue weighted by Gasteiger charge is -2.36. The molecule has 1 amide bonds. The number of hydrogen-bond acceptors (Lipinski definition) is 3. The fourth-order valence-corrected chi connectivity index (χ4v) is 7.73. The molecule has 5 rings (SSSR count). The lowest BCUT2D eigenvalue weighted by molar-refractivity contribution is -0.135. The Labute approximate surface area is 255 Å².